The molecule has 0 aliphatic heterocycles. The molecule has 0 aromatic carbocycles. The van der Waals surface area contributed by atoms with E-state index in [9.17, 15) is 0 Å². The van der Waals surface area contributed by atoms with Crippen molar-refractivity contribution >= 4 is 11.4 Å². The lowest BCUT2D eigenvalue weighted by atomic mass is 10.3. The van der Waals surface area contributed by atoms with Crippen molar-refractivity contribution in [1.29, 1.82) is 0 Å². The number of hydrazine groups is 1. The lowest BCUT2D eigenvalue weighted by Gasteiger charge is -2.17. The van der Waals surface area contributed by atoms with Crippen LogP contribution in [0.3, 0.4) is 0 Å². The molecule has 4 heteroatoms. The monoisotopic (exact) mass is 186 g/mol. The number of hydrogen-bond donors (Lipinski definition) is 1. The van der Waals surface area contributed by atoms with Crippen LogP contribution < -0.4 is 10.9 Å². The molecule has 0 bridgehead atoms. The molecule has 0 atom stereocenters. The summed E-state index contributed by atoms with van der Waals surface area (Å²) in [5, 5.41) is 1.54. The van der Waals surface area contributed by atoms with Gasteiger partial charge in [-0.1, -0.05) is 0 Å². The zero-order valence-electron chi connectivity index (χ0n) is 7.54. The lowest BCUT2D eigenvalue weighted by molar-refractivity contribution is 1.06. The van der Waals surface area contributed by atoms with Crippen molar-refractivity contribution < 1.29 is 0 Å². The molecular formula is C10H10N4. The summed E-state index contributed by atoms with van der Waals surface area (Å²) in [6, 6.07) is 7.46. The number of rotatable bonds is 2. The van der Waals surface area contributed by atoms with Gasteiger partial charge in [-0.2, -0.15) is 0 Å². The van der Waals surface area contributed by atoms with E-state index in [1.54, 1.807) is 29.8 Å². The van der Waals surface area contributed by atoms with E-state index in [4.69, 9.17) is 5.84 Å². The Morgan fingerprint density at radius 3 is 1.79 bits per heavy atom. The highest BCUT2D eigenvalue weighted by molar-refractivity contribution is 5.59. The first-order chi connectivity index (χ1) is 6.88. The van der Waals surface area contributed by atoms with Gasteiger partial charge in [0.2, 0.25) is 0 Å². The Morgan fingerprint density at radius 2 is 1.43 bits per heavy atom. The van der Waals surface area contributed by atoms with E-state index in [2.05, 4.69) is 9.97 Å². The van der Waals surface area contributed by atoms with Gasteiger partial charge < -0.3 is 0 Å². The molecule has 14 heavy (non-hydrogen) atoms. The summed E-state index contributed by atoms with van der Waals surface area (Å²) in [6.07, 6.45) is 6.82. The predicted molar refractivity (Wildman–Crippen MR) is 54.8 cm³/mol. The van der Waals surface area contributed by atoms with Crippen molar-refractivity contribution in [2.45, 2.75) is 0 Å². The highest BCUT2D eigenvalue weighted by Gasteiger charge is 2.02. The highest BCUT2D eigenvalue weighted by Crippen LogP contribution is 2.18. The number of pyridine rings is 2. The minimum atomic E-state index is 0.834. The Kier molecular flexibility index (Phi) is 2.38. The summed E-state index contributed by atoms with van der Waals surface area (Å²) < 4.78 is 0. The molecule has 2 heterocycles. The number of aromatic nitrogens is 2. The van der Waals surface area contributed by atoms with Crippen LogP contribution in [0.25, 0.3) is 0 Å². The molecular weight excluding hydrogens is 176 g/mol. The first-order valence-corrected chi connectivity index (χ1v) is 4.23. The molecule has 0 fully saturated rings. The van der Waals surface area contributed by atoms with E-state index >= 15 is 0 Å². The predicted octanol–water partition coefficient (Wildman–Crippen LogP) is 1.49. The molecule has 0 saturated heterocycles. The van der Waals surface area contributed by atoms with Gasteiger partial charge in [0.15, 0.2) is 0 Å². The van der Waals surface area contributed by atoms with Crippen molar-refractivity contribution in [2.24, 2.45) is 5.84 Å². The van der Waals surface area contributed by atoms with Gasteiger partial charge in [0, 0.05) is 12.4 Å². The van der Waals surface area contributed by atoms with E-state index in [1.807, 2.05) is 24.3 Å². The minimum Gasteiger partial charge on any atom is -0.277 e. The van der Waals surface area contributed by atoms with Gasteiger partial charge in [-0.3, -0.25) is 15.0 Å². The van der Waals surface area contributed by atoms with Gasteiger partial charge in [-0.25, -0.2) is 5.84 Å². The van der Waals surface area contributed by atoms with Crippen LogP contribution in [0.1, 0.15) is 0 Å². The van der Waals surface area contributed by atoms with Crippen molar-refractivity contribution in [3.8, 4) is 0 Å². The van der Waals surface area contributed by atoms with Gasteiger partial charge in [0.25, 0.3) is 0 Å². The minimum absolute atomic E-state index is 0.834. The van der Waals surface area contributed by atoms with E-state index in [-0.39, 0.29) is 0 Å². The summed E-state index contributed by atoms with van der Waals surface area (Å²) in [7, 11) is 0. The quantitative estimate of drug-likeness (QED) is 0.570. The number of nitrogens with zero attached hydrogens (tertiary/aromatic N) is 3. The normalized spacial score (nSPS) is 9.79. The summed E-state index contributed by atoms with van der Waals surface area (Å²) in [6.45, 7) is 0. The Labute approximate surface area is 82.0 Å². The summed E-state index contributed by atoms with van der Waals surface area (Å²) in [5.41, 5.74) is 1.67. The number of nitrogens with two attached hydrogens (primary N) is 1. The maximum atomic E-state index is 5.87. The fourth-order valence-electron chi connectivity index (χ4n) is 1.14. The fourth-order valence-corrected chi connectivity index (χ4v) is 1.14. The Bertz CT molecular complexity index is 348. The second-order valence-corrected chi connectivity index (χ2v) is 2.79. The van der Waals surface area contributed by atoms with E-state index in [0.717, 1.165) is 11.4 Å². The fraction of sp³-hybridized carbons (Fsp3) is 0. The van der Waals surface area contributed by atoms with Gasteiger partial charge >= 0.3 is 0 Å². The van der Waals surface area contributed by atoms with Crippen molar-refractivity contribution in [1.82, 2.24) is 9.97 Å². The van der Waals surface area contributed by atoms with Crippen LogP contribution in [0, 0.1) is 0 Å². The molecule has 2 aromatic heterocycles. The summed E-state index contributed by atoms with van der Waals surface area (Å²) >= 11 is 0. The summed E-state index contributed by atoms with van der Waals surface area (Å²) in [5.74, 6) is 5.87. The molecule has 70 valence electrons. The first kappa shape index (κ1) is 8.65. The largest absolute Gasteiger partial charge is 0.277 e. The number of anilines is 2. The Hall–Kier alpha value is -1.94. The van der Waals surface area contributed by atoms with Crippen LogP contribution in [0.15, 0.2) is 49.1 Å². The average molecular weight is 186 g/mol. The van der Waals surface area contributed by atoms with Gasteiger partial charge in [-0.05, 0) is 24.3 Å². The maximum Gasteiger partial charge on any atom is 0.0759 e. The molecule has 0 spiro atoms. The van der Waals surface area contributed by atoms with Crippen LogP contribution in [-0.4, -0.2) is 9.97 Å². The third kappa shape index (κ3) is 1.70. The SMILES string of the molecule is NN(c1cccnc1)c1cccnc1. The second kappa shape index (κ2) is 3.85. The highest BCUT2D eigenvalue weighted by atomic mass is 15.4. The molecule has 0 unspecified atom stereocenters. The molecule has 4 nitrogen and oxygen atoms in total. The van der Waals surface area contributed by atoms with Crippen molar-refractivity contribution in [3.63, 3.8) is 0 Å². The standard InChI is InChI=1S/C10H10N4/c11-14(9-3-1-5-12-7-9)10-4-2-6-13-8-10/h1-8H,11H2. The van der Waals surface area contributed by atoms with Crippen LogP contribution in [0.2, 0.25) is 0 Å². The molecule has 0 amide bonds. The van der Waals surface area contributed by atoms with E-state index in [1.165, 1.54) is 0 Å². The lowest BCUT2D eigenvalue weighted by Crippen LogP contribution is -2.24. The van der Waals surface area contributed by atoms with Crippen molar-refractivity contribution in [3.05, 3.63) is 49.1 Å². The molecule has 0 radical (unpaired) electrons. The van der Waals surface area contributed by atoms with Gasteiger partial charge in [0.1, 0.15) is 0 Å². The van der Waals surface area contributed by atoms with Crippen LogP contribution in [0.4, 0.5) is 11.4 Å². The third-order valence-electron chi connectivity index (χ3n) is 1.85. The molecule has 0 aliphatic carbocycles. The average Bonchev–Trinajstić information content (AvgIpc) is 2.30. The molecule has 2 aromatic rings. The van der Waals surface area contributed by atoms with Gasteiger partial charge in [-0.15, -0.1) is 0 Å². The van der Waals surface area contributed by atoms with Crippen molar-refractivity contribution in [2.75, 3.05) is 5.01 Å². The Morgan fingerprint density at radius 1 is 0.929 bits per heavy atom. The molecule has 2 rings (SSSR count). The second-order valence-electron chi connectivity index (χ2n) is 2.79. The first-order valence-electron chi connectivity index (χ1n) is 4.23. The third-order valence-corrected chi connectivity index (χ3v) is 1.85. The summed E-state index contributed by atoms with van der Waals surface area (Å²) in [4.78, 5) is 7.98. The zero-order valence-corrected chi connectivity index (χ0v) is 7.54. The van der Waals surface area contributed by atoms with E-state index < -0.39 is 0 Å². The topological polar surface area (TPSA) is 55.0 Å². The van der Waals surface area contributed by atoms with Gasteiger partial charge in [0.05, 0.1) is 23.8 Å². The Balaban J connectivity index is 2.30. The zero-order chi connectivity index (χ0) is 9.80. The maximum absolute atomic E-state index is 5.87. The van der Waals surface area contributed by atoms with E-state index in [0.29, 0.717) is 0 Å². The van der Waals surface area contributed by atoms with Crippen LogP contribution >= 0.6 is 0 Å². The molecule has 0 saturated carbocycles. The molecule has 0 aliphatic rings. The number of hydrogen-bond acceptors (Lipinski definition) is 4. The molecule has 2 N–H and O–H groups in total. The van der Waals surface area contributed by atoms with Crippen LogP contribution in [-0.2, 0) is 0 Å². The van der Waals surface area contributed by atoms with Crippen LogP contribution in [0.5, 0.6) is 0 Å². The smallest absolute Gasteiger partial charge is 0.0759 e.